The van der Waals surface area contributed by atoms with E-state index in [0.717, 1.165) is 22.9 Å². The molecule has 2 aromatic rings. The molecule has 0 spiro atoms. The molecule has 0 radical (unpaired) electrons. The van der Waals surface area contributed by atoms with Crippen LogP contribution in [-0.4, -0.2) is 61.1 Å². The highest BCUT2D eigenvalue weighted by Crippen LogP contribution is 2.35. The van der Waals surface area contributed by atoms with E-state index < -0.39 is 29.0 Å². The van der Waals surface area contributed by atoms with Gasteiger partial charge in [0.25, 0.3) is 0 Å². The van der Waals surface area contributed by atoms with Gasteiger partial charge in [0.1, 0.15) is 23.7 Å². The highest BCUT2D eigenvalue weighted by molar-refractivity contribution is 8.00. The van der Waals surface area contributed by atoms with Gasteiger partial charge in [0.15, 0.2) is 5.44 Å². The molecule has 1 aliphatic heterocycles. The van der Waals surface area contributed by atoms with Gasteiger partial charge in [-0.05, 0) is 29.3 Å². The van der Waals surface area contributed by atoms with Gasteiger partial charge in [-0.25, -0.2) is 0 Å². The summed E-state index contributed by atoms with van der Waals surface area (Å²) in [6, 6.07) is 14.2. The van der Waals surface area contributed by atoms with E-state index in [-0.39, 0.29) is 12.4 Å². The maximum atomic E-state index is 10.2. The Kier molecular flexibility index (Phi) is 6.05. The number of aliphatic hydroxyl groups is 4. The van der Waals surface area contributed by atoms with Crippen LogP contribution in [0, 0.1) is 0 Å². The summed E-state index contributed by atoms with van der Waals surface area (Å²) < 4.78 is 5.93. The summed E-state index contributed by atoms with van der Waals surface area (Å²) >= 11 is 1.10. The molecule has 0 saturated carbocycles. The molecule has 0 aliphatic carbocycles. The van der Waals surface area contributed by atoms with Crippen LogP contribution in [0.15, 0.2) is 48.5 Å². The summed E-state index contributed by atoms with van der Waals surface area (Å²) in [6.07, 6.45) is -3.31. The van der Waals surface area contributed by atoms with E-state index in [4.69, 9.17) is 4.74 Å². The number of aromatic hydroxyl groups is 1. The number of thioether (sulfide) groups is 1. The van der Waals surface area contributed by atoms with Crippen LogP contribution in [0.3, 0.4) is 0 Å². The average Bonchev–Trinajstić information content (AvgIpc) is 2.65. The van der Waals surface area contributed by atoms with Gasteiger partial charge in [-0.15, -0.1) is 11.8 Å². The minimum Gasteiger partial charge on any atom is -0.508 e. The van der Waals surface area contributed by atoms with Gasteiger partial charge < -0.3 is 30.3 Å². The molecule has 5 atom stereocenters. The lowest BCUT2D eigenvalue weighted by Gasteiger charge is -2.39. The van der Waals surface area contributed by atoms with E-state index in [2.05, 4.69) is 0 Å². The number of aliphatic hydroxyl groups excluding tert-OH is 4. The molecule has 1 saturated heterocycles. The molecular formula is C19H22O6S. The van der Waals surface area contributed by atoms with E-state index in [1.807, 2.05) is 30.3 Å². The Balaban J connectivity index is 1.78. The molecule has 0 amide bonds. The van der Waals surface area contributed by atoms with Gasteiger partial charge in [-0.3, -0.25) is 0 Å². The molecule has 6 nitrogen and oxygen atoms in total. The molecule has 1 aliphatic rings. The number of benzene rings is 2. The molecule has 5 unspecified atom stereocenters. The molecule has 1 fully saturated rings. The number of rotatable bonds is 5. The Morgan fingerprint density at radius 1 is 0.885 bits per heavy atom. The number of hydrogen-bond donors (Lipinski definition) is 5. The third kappa shape index (κ3) is 4.13. The zero-order valence-corrected chi connectivity index (χ0v) is 14.8. The van der Waals surface area contributed by atoms with Crippen molar-refractivity contribution in [3.05, 3.63) is 59.7 Å². The summed E-state index contributed by atoms with van der Waals surface area (Å²) in [7, 11) is 0. The van der Waals surface area contributed by atoms with Crippen LogP contribution in [-0.2, 0) is 6.42 Å². The van der Waals surface area contributed by atoms with Gasteiger partial charge in [-0.2, -0.15) is 0 Å². The average molecular weight is 378 g/mol. The van der Waals surface area contributed by atoms with Gasteiger partial charge >= 0.3 is 0 Å². The Labute approximate surface area is 155 Å². The van der Waals surface area contributed by atoms with E-state index >= 15 is 0 Å². The van der Waals surface area contributed by atoms with Crippen LogP contribution < -0.4 is 4.74 Å². The van der Waals surface area contributed by atoms with Crippen molar-refractivity contribution in [1.29, 1.82) is 0 Å². The largest absolute Gasteiger partial charge is 0.508 e. The second kappa shape index (κ2) is 8.28. The smallest absolute Gasteiger partial charge is 0.173 e. The van der Waals surface area contributed by atoms with Crippen molar-refractivity contribution < 1.29 is 30.3 Å². The molecule has 7 heteroatoms. The summed E-state index contributed by atoms with van der Waals surface area (Å²) in [6.45, 7) is -0.329. The minimum atomic E-state index is -1.39. The van der Waals surface area contributed by atoms with E-state index in [1.165, 1.54) is 0 Å². The van der Waals surface area contributed by atoms with E-state index in [1.54, 1.807) is 18.2 Å². The fourth-order valence-electron chi connectivity index (χ4n) is 2.89. The van der Waals surface area contributed by atoms with Gasteiger partial charge in [-0.1, -0.05) is 30.3 Å². The van der Waals surface area contributed by atoms with Crippen LogP contribution >= 0.6 is 11.8 Å². The maximum Gasteiger partial charge on any atom is 0.173 e. The van der Waals surface area contributed by atoms with Crippen LogP contribution in [0.5, 0.6) is 11.5 Å². The number of ether oxygens (including phenoxy) is 1. The molecule has 5 N–H and O–H groups in total. The Morgan fingerprint density at radius 3 is 2.27 bits per heavy atom. The van der Waals surface area contributed by atoms with E-state index in [0.29, 0.717) is 12.2 Å². The highest BCUT2D eigenvalue weighted by Gasteiger charge is 2.44. The first kappa shape index (κ1) is 19.0. The van der Waals surface area contributed by atoms with Crippen molar-refractivity contribution in [3.8, 4) is 11.5 Å². The quantitative estimate of drug-likeness (QED) is 0.525. The summed E-state index contributed by atoms with van der Waals surface area (Å²) in [5, 5.41) is 48.3. The predicted octanol–water partition coefficient (Wildman–Crippen LogP) is 0.878. The molecule has 3 rings (SSSR count). The van der Waals surface area contributed by atoms with Gasteiger partial charge in [0.2, 0.25) is 0 Å². The first-order chi connectivity index (χ1) is 12.5. The topological polar surface area (TPSA) is 110 Å². The Hall–Kier alpha value is -1.77. The normalized spacial score (nSPS) is 28.7. The summed E-state index contributed by atoms with van der Waals surface area (Å²) in [4.78, 5) is 0. The number of para-hydroxylation sites is 1. The fraction of sp³-hybridized carbons (Fsp3) is 0.368. The first-order valence-electron chi connectivity index (χ1n) is 8.32. The van der Waals surface area contributed by atoms with Crippen LogP contribution in [0.25, 0.3) is 0 Å². The zero-order valence-electron chi connectivity index (χ0n) is 14.0. The van der Waals surface area contributed by atoms with Crippen molar-refractivity contribution >= 4 is 11.8 Å². The third-order valence-electron chi connectivity index (χ3n) is 4.40. The second-order valence-electron chi connectivity index (χ2n) is 6.27. The minimum absolute atomic E-state index is 0.197. The Bertz CT molecular complexity index is 720. The van der Waals surface area contributed by atoms with Crippen molar-refractivity contribution in [2.45, 2.75) is 35.4 Å². The maximum absolute atomic E-state index is 10.2. The van der Waals surface area contributed by atoms with Crippen molar-refractivity contribution in [3.63, 3.8) is 0 Å². The standard InChI is InChI=1S/C19H22O6S/c20-10-15-16(22)17(23)18(24)19(26-15)25-14-4-2-1-3-12(14)9-11-5-7-13(21)8-6-11/h1-8,15-24H,9-10H2. The number of phenols is 1. The van der Waals surface area contributed by atoms with E-state index in [9.17, 15) is 25.5 Å². The zero-order chi connectivity index (χ0) is 18.7. The lowest BCUT2D eigenvalue weighted by Crippen LogP contribution is -2.55. The summed E-state index contributed by atoms with van der Waals surface area (Å²) in [5.41, 5.74) is 1.05. The lowest BCUT2D eigenvalue weighted by atomic mass is 10.0. The second-order valence-corrected chi connectivity index (χ2v) is 7.61. The van der Waals surface area contributed by atoms with Crippen molar-refractivity contribution in [2.24, 2.45) is 0 Å². The highest BCUT2D eigenvalue weighted by atomic mass is 32.2. The molecule has 140 valence electrons. The first-order valence-corrected chi connectivity index (χ1v) is 9.27. The monoisotopic (exact) mass is 378 g/mol. The predicted molar refractivity (Wildman–Crippen MR) is 98.3 cm³/mol. The van der Waals surface area contributed by atoms with Gasteiger partial charge in [0.05, 0.1) is 18.0 Å². The fourth-order valence-corrected chi connectivity index (χ4v) is 4.12. The molecule has 2 aromatic carbocycles. The SMILES string of the molecule is OCC1SC(Oc2ccccc2Cc2ccc(O)cc2)C(O)C(O)C1O. The Morgan fingerprint density at radius 2 is 1.58 bits per heavy atom. The molecule has 0 bridgehead atoms. The number of hydrogen-bond acceptors (Lipinski definition) is 7. The van der Waals surface area contributed by atoms with Crippen LogP contribution in [0.2, 0.25) is 0 Å². The van der Waals surface area contributed by atoms with Crippen LogP contribution in [0.4, 0.5) is 0 Å². The third-order valence-corrected chi connectivity index (χ3v) is 5.82. The van der Waals surface area contributed by atoms with Crippen molar-refractivity contribution in [2.75, 3.05) is 6.61 Å². The molecular weight excluding hydrogens is 356 g/mol. The number of phenolic OH excluding ortho intramolecular Hbond substituents is 1. The van der Waals surface area contributed by atoms with Gasteiger partial charge in [0, 0.05) is 6.42 Å². The molecule has 26 heavy (non-hydrogen) atoms. The molecule has 0 aromatic heterocycles. The van der Waals surface area contributed by atoms with Crippen molar-refractivity contribution in [1.82, 2.24) is 0 Å². The summed E-state index contributed by atoms with van der Waals surface area (Å²) in [5.74, 6) is 0.750. The lowest BCUT2D eigenvalue weighted by molar-refractivity contribution is -0.0910. The van der Waals surface area contributed by atoms with Crippen LogP contribution in [0.1, 0.15) is 11.1 Å². The molecule has 1 heterocycles.